The van der Waals surface area contributed by atoms with Gasteiger partial charge in [-0.05, 0) is 18.6 Å². The summed E-state index contributed by atoms with van der Waals surface area (Å²) in [6.45, 7) is 18.2. The van der Waals surface area contributed by atoms with Crippen LogP contribution in [0, 0.1) is 6.92 Å². The molecule has 0 bridgehead atoms. The lowest BCUT2D eigenvalue weighted by molar-refractivity contribution is 0.566. The molecule has 1 nitrogen and oxygen atoms in total. The van der Waals surface area contributed by atoms with Gasteiger partial charge in [-0.3, -0.25) is 0 Å². The fourth-order valence-electron chi connectivity index (χ4n) is 1.82. The van der Waals surface area contributed by atoms with Crippen molar-refractivity contribution in [3.63, 3.8) is 0 Å². The summed E-state index contributed by atoms with van der Waals surface area (Å²) >= 11 is 0. The standard InChI is InChI=1S/C13H15N.2C2H6/c1-9-5-6-12-8-10(2)14(4)11(3)13(12)7-9;2*1-2/h5-7H,2-3,8H2,1,4H3;2*1-2H3. The van der Waals surface area contributed by atoms with Gasteiger partial charge in [0.15, 0.2) is 0 Å². The van der Waals surface area contributed by atoms with Crippen molar-refractivity contribution in [3.05, 3.63) is 53.7 Å². The zero-order valence-electron chi connectivity index (χ0n) is 12.8. The van der Waals surface area contributed by atoms with Gasteiger partial charge in [0.2, 0.25) is 0 Å². The van der Waals surface area contributed by atoms with Crippen molar-refractivity contribution in [2.45, 2.75) is 41.0 Å². The van der Waals surface area contributed by atoms with Crippen LogP contribution in [0.5, 0.6) is 0 Å². The summed E-state index contributed by atoms with van der Waals surface area (Å²) in [4.78, 5) is 2.07. The Labute approximate surface area is 113 Å². The highest BCUT2D eigenvalue weighted by molar-refractivity contribution is 5.69. The molecule has 0 fully saturated rings. The van der Waals surface area contributed by atoms with Crippen LogP contribution >= 0.6 is 0 Å². The number of hydrogen-bond acceptors (Lipinski definition) is 1. The third-order valence-corrected chi connectivity index (χ3v) is 2.85. The number of aryl methyl sites for hydroxylation is 1. The van der Waals surface area contributed by atoms with Crippen molar-refractivity contribution in [2.75, 3.05) is 7.05 Å². The lowest BCUT2D eigenvalue weighted by Crippen LogP contribution is -2.22. The molecule has 0 saturated carbocycles. The van der Waals surface area contributed by atoms with Gasteiger partial charge in [0.05, 0.1) is 0 Å². The van der Waals surface area contributed by atoms with E-state index in [9.17, 15) is 0 Å². The molecule has 0 saturated heterocycles. The van der Waals surface area contributed by atoms with Gasteiger partial charge < -0.3 is 4.90 Å². The van der Waals surface area contributed by atoms with E-state index < -0.39 is 0 Å². The van der Waals surface area contributed by atoms with E-state index in [2.05, 4.69) is 43.2 Å². The SMILES string of the molecule is C=C1Cc2ccc(C)cc2C(=C)N1C.CC.CC. The summed E-state index contributed by atoms with van der Waals surface area (Å²) < 4.78 is 0. The highest BCUT2D eigenvalue weighted by Crippen LogP contribution is 2.31. The average Bonchev–Trinajstić information content (AvgIpc) is 2.42. The zero-order valence-corrected chi connectivity index (χ0v) is 12.8. The molecule has 0 amide bonds. The van der Waals surface area contributed by atoms with Crippen LogP contribution in [0.15, 0.2) is 37.1 Å². The number of likely N-dealkylation sites (N-methyl/N-ethyl adjacent to an activating group) is 1. The first-order valence-corrected chi connectivity index (χ1v) is 6.80. The summed E-state index contributed by atoms with van der Waals surface area (Å²) in [5.41, 5.74) is 6.06. The molecule has 0 unspecified atom stereocenters. The molecule has 0 radical (unpaired) electrons. The van der Waals surface area contributed by atoms with Gasteiger partial charge in [-0.1, -0.05) is 58.5 Å². The van der Waals surface area contributed by atoms with E-state index in [0.29, 0.717) is 0 Å². The lowest BCUT2D eigenvalue weighted by atomic mass is 9.94. The van der Waals surface area contributed by atoms with Crippen LogP contribution in [0.25, 0.3) is 5.70 Å². The quantitative estimate of drug-likeness (QED) is 0.620. The molecule has 1 aromatic rings. The van der Waals surface area contributed by atoms with E-state index >= 15 is 0 Å². The fraction of sp³-hybridized carbons (Fsp3) is 0.412. The lowest BCUT2D eigenvalue weighted by Gasteiger charge is -2.31. The third kappa shape index (κ3) is 3.49. The van der Waals surface area contributed by atoms with E-state index in [-0.39, 0.29) is 0 Å². The van der Waals surface area contributed by atoms with Gasteiger partial charge >= 0.3 is 0 Å². The first kappa shape index (κ1) is 16.5. The summed E-state index contributed by atoms with van der Waals surface area (Å²) in [7, 11) is 2.02. The van der Waals surface area contributed by atoms with Crippen molar-refractivity contribution >= 4 is 5.70 Å². The predicted molar refractivity (Wildman–Crippen MR) is 83.5 cm³/mol. The molecule has 18 heavy (non-hydrogen) atoms. The second kappa shape index (κ2) is 7.75. The largest absolute Gasteiger partial charge is 0.348 e. The van der Waals surface area contributed by atoms with E-state index in [1.54, 1.807) is 0 Å². The van der Waals surface area contributed by atoms with Gasteiger partial charge in [-0.15, -0.1) is 0 Å². The van der Waals surface area contributed by atoms with Gasteiger partial charge in [0.1, 0.15) is 0 Å². The molecule has 1 aromatic carbocycles. The molecule has 2 rings (SSSR count). The number of benzene rings is 1. The van der Waals surface area contributed by atoms with Crippen molar-refractivity contribution in [3.8, 4) is 0 Å². The first-order chi connectivity index (χ1) is 8.59. The summed E-state index contributed by atoms with van der Waals surface area (Å²) in [6.07, 6.45) is 0.936. The Morgan fingerprint density at radius 1 is 1.06 bits per heavy atom. The second-order valence-electron chi connectivity index (χ2n) is 3.91. The van der Waals surface area contributed by atoms with E-state index in [1.807, 2.05) is 34.7 Å². The summed E-state index contributed by atoms with van der Waals surface area (Å²) in [5.74, 6) is 0. The minimum Gasteiger partial charge on any atom is -0.348 e. The van der Waals surface area contributed by atoms with Crippen molar-refractivity contribution in [1.82, 2.24) is 4.90 Å². The normalized spacial score (nSPS) is 12.9. The Kier molecular flexibility index (Phi) is 7.11. The molecule has 100 valence electrons. The van der Waals surface area contributed by atoms with E-state index in [1.165, 1.54) is 16.7 Å². The minimum absolute atomic E-state index is 0.936. The highest BCUT2D eigenvalue weighted by atomic mass is 15.1. The molecular formula is C17H27N. The van der Waals surface area contributed by atoms with Crippen molar-refractivity contribution in [2.24, 2.45) is 0 Å². The van der Waals surface area contributed by atoms with Crippen LogP contribution in [-0.4, -0.2) is 11.9 Å². The van der Waals surface area contributed by atoms with Crippen LogP contribution in [-0.2, 0) is 6.42 Å². The number of fused-ring (bicyclic) bond motifs is 1. The van der Waals surface area contributed by atoms with Gasteiger partial charge in [0, 0.05) is 30.4 Å². The Morgan fingerprint density at radius 2 is 1.61 bits per heavy atom. The maximum Gasteiger partial charge on any atom is 0.0409 e. The zero-order chi connectivity index (χ0) is 14.3. The van der Waals surface area contributed by atoms with Gasteiger partial charge in [-0.25, -0.2) is 0 Å². The first-order valence-electron chi connectivity index (χ1n) is 6.80. The molecule has 0 atom stereocenters. The van der Waals surface area contributed by atoms with Gasteiger partial charge in [-0.2, -0.15) is 0 Å². The molecule has 0 aliphatic carbocycles. The summed E-state index contributed by atoms with van der Waals surface area (Å²) in [6, 6.07) is 6.51. The molecule has 1 heteroatoms. The fourth-order valence-corrected chi connectivity index (χ4v) is 1.82. The van der Waals surface area contributed by atoms with Crippen molar-refractivity contribution < 1.29 is 0 Å². The number of rotatable bonds is 0. The monoisotopic (exact) mass is 245 g/mol. The second-order valence-corrected chi connectivity index (χ2v) is 3.91. The molecule has 0 N–H and O–H groups in total. The third-order valence-electron chi connectivity index (χ3n) is 2.85. The minimum atomic E-state index is 0.936. The average molecular weight is 245 g/mol. The Hall–Kier alpha value is -1.50. The van der Waals surface area contributed by atoms with Crippen molar-refractivity contribution in [1.29, 1.82) is 0 Å². The molecule has 1 aliphatic rings. The van der Waals surface area contributed by atoms with Crippen LogP contribution in [0.3, 0.4) is 0 Å². The Bertz CT molecular complexity index is 416. The summed E-state index contributed by atoms with van der Waals surface area (Å²) in [5, 5.41) is 0. The predicted octanol–water partition coefficient (Wildman–Crippen LogP) is 5.02. The van der Waals surface area contributed by atoms with E-state index in [0.717, 1.165) is 17.8 Å². The maximum absolute atomic E-state index is 4.09. The number of hydrogen-bond donors (Lipinski definition) is 0. The highest BCUT2D eigenvalue weighted by Gasteiger charge is 2.18. The topological polar surface area (TPSA) is 3.24 Å². The van der Waals surface area contributed by atoms with Crippen LogP contribution in [0.4, 0.5) is 0 Å². The van der Waals surface area contributed by atoms with Gasteiger partial charge in [0.25, 0.3) is 0 Å². The molecule has 1 heterocycles. The number of nitrogens with zero attached hydrogens (tertiary/aromatic N) is 1. The number of allylic oxidation sites excluding steroid dienone is 1. The van der Waals surface area contributed by atoms with Crippen LogP contribution in [0.1, 0.15) is 44.4 Å². The molecule has 0 spiro atoms. The molecule has 1 aliphatic heterocycles. The Morgan fingerprint density at radius 3 is 2.17 bits per heavy atom. The maximum atomic E-state index is 4.09. The molecule has 0 aromatic heterocycles. The van der Waals surface area contributed by atoms with E-state index in [4.69, 9.17) is 0 Å². The van der Waals surface area contributed by atoms with Crippen LogP contribution in [0.2, 0.25) is 0 Å². The smallest absolute Gasteiger partial charge is 0.0409 e. The Balaban J connectivity index is 0.000000659. The molecular weight excluding hydrogens is 218 g/mol. The van der Waals surface area contributed by atoms with Crippen LogP contribution < -0.4 is 0 Å².